The van der Waals surface area contributed by atoms with Crippen LogP contribution in [0.1, 0.15) is 16.8 Å². The summed E-state index contributed by atoms with van der Waals surface area (Å²) in [5.41, 5.74) is -0.293. The molecule has 0 unspecified atom stereocenters. The number of aromatic nitrogens is 5. The third kappa shape index (κ3) is 4.81. The molecule has 0 atom stereocenters. The molecule has 2 aromatic carbocycles. The zero-order valence-electron chi connectivity index (χ0n) is 16.9. The fraction of sp³-hybridized carbons (Fsp3) is 0.0952. The van der Waals surface area contributed by atoms with Crippen molar-refractivity contribution in [1.82, 2.24) is 25.0 Å². The van der Waals surface area contributed by atoms with Crippen molar-refractivity contribution in [1.29, 1.82) is 0 Å². The number of phenolic OH excluding ortho intramolecular Hbond substituents is 1. The molecule has 12 heteroatoms. The number of benzene rings is 2. The average molecular weight is 488 g/mol. The van der Waals surface area contributed by atoms with E-state index in [9.17, 15) is 19.5 Å². The fourth-order valence-corrected chi connectivity index (χ4v) is 3.52. The normalized spacial score (nSPS) is 10.9. The van der Waals surface area contributed by atoms with E-state index in [0.717, 1.165) is 10.2 Å². The van der Waals surface area contributed by atoms with Crippen molar-refractivity contribution in [3.8, 4) is 23.1 Å². The number of H-pyrrole nitrogens is 2. The summed E-state index contributed by atoms with van der Waals surface area (Å²) in [5.74, 6) is 0.204. The van der Waals surface area contributed by atoms with Gasteiger partial charge in [-0.05, 0) is 36.8 Å². The molecular formula is C21H15Cl2N5O5. The lowest BCUT2D eigenvalue weighted by Gasteiger charge is -2.12. The summed E-state index contributed by atoms with van der Waals surface area (Å²) >= 11 is 12.7. The van der Waals surface area contributed by atoms with Crippen molar-refractivity contribution < 1.29 is 9.84 Å². The molecule has 2 heterocycles. The van der Waals surface area contributed by atoms with Gasteiger partial charge in [0, 0.05) is 18.1 Å². The number of hydrogen-bond donors (Lipinski definition) is 3. The van der Waals surface area contributed by atoms with Crippen LogP contribution in [0, 0.1) is 6.92 Å². The summed E-state index contributed by atoms with van der Waals surface area (Å²) in [4.78, 5) is 38.0. The number of nitrogens with one attached hydrogen (secondary N) is 2. The second-order valence-corrected chi connectivity index (χ2v) is 7.82. The maximum atomic E-state index is 12.2. The van der Waals surface area contributed by atoms with E-state index < -0.39 is 16.8 Å². The largest absolute Gasteiger partial charge is 0.508 e. The Morgan fingerprint density at radius 2 is 1.70 bits per heavy atom. The second kappa shape index (κ2) is 8.93. The highest BCUT2D eigenvalue weighted by Gasteiger charge is 2.16. The molecule has 0 bridgehead atoms. The predicted octanol–water partition coefficient (Wildman–Crippen LogP) is 2.71. The first kappa shape index (κ1) is 22.3. The molecule has 0 fully saturated rings. The summed E-state index contributed by atoms with van der Waals surface area (Å²) in [6.07, 6.45) is 0.273. The van der Waals surface area contributed by atoms with E-state index in [1.807, 2.05) is 0 Å². The summed E-state index contributed by atoms with van der Waals surface area (Å²) in [7, 11) is 0. The van der Waals surface area contributed by atoms with E-state index in [-0.39, 0.29) is 45.2 Å². The van der Waals surface area contributed by atoms with Gasteiger partial charge < -0.3 is 9.84 Å². The van der Waals surface area contributed by atoms with Gasteiger partial charge in [-0.25, -0.2) is 9.89 Å². The van der Waals surface area contributed by atoms with Crippen LogP contribution in [0.2, 0.25) is 10.0 Å². The highest BCUT2D eigenvalue weighted by atomic mass is 35.5. The Morgan fingerprint density at radius 1 is 1.03 bits per heavy atom. The lowest BCUT2D eigenvalue weighted by Crippen LogP contribution is -2.32. The molecule has 168 valence electrons. The molecule has 4 rings (SSSR count). The van der Waals surface area contributed by atoms with Crippen LogP contribution in [0.3, 0.4) is 0 Å². The lowest BCUT2D eigenvalue weighted by molar-refractivity contribution is 0.453. The van der Waals surface area contributed by atoms with Gasteiger partial charge in [0.2, 0.25) is 5.88 Å². The number of nitrogens with zero attached hydrogens (tertiary/aromatic N) is 3. The van der Waals surface area contributed by atoms with Crippen LogP contribution in [-0.2, 0) is 6.42 Å². The average Bonchev–Trinajstić information content (AvgIpc) is 2.77. The fourth-order valence-electron chi connectivity index (χ4n) is 2.97. The molecule has 4 aromatic rings. The number of rotatable bonds is 5. The van der Waals surface area contributed by atoms with E-state index in [2.05, 4.69) is 20.3 Å². The zero-order chi connectivity index (χ0) is 23.7. The van der Waals surface area contributed by atoms with Crippen molar-refractivity contribution in [3.63, 3.8) is 0 Å². The van der Waals surface area contributed by atoms with Crippen molar-refractivity contribution >= 4 is 23.2 Å². The Balaban J connectivity index is 1.65. The molecule has 0 aliphatic heterocycles. The summed E-state index contributed by atoms with van der Waals surface area (Å²) in [6.45, 7) is 1.45. The molecule has 3 N–H and O–H groups in total. The number of hydrogen-bond acceptors (Lipinski definition) is 7. The monoisotopic (exact) mass is 487 g/mol. The van der Waals surface area contributed by atoms with Crippen molar-refractivity contribution in [2.45, 2.75) is 13.3 Å². The van der Waals surface area contributed by atoms with Crippen LogP contribution in [0.15, 0.2) is 56.8 Å². The van der Waals surface area contributed by atoms with Gasteiger partial charge in [0.1, 0.15) is 11.4 Å². The van der Waals surface area contributed by atoms with Gasteiger partial charge in [-0.2, -0.15) is 9.78 Å². The molecular weight excluding hydrogens is 473 g/mol. The maximum absolute atomic E-state index is 12.2. The summed E-state index contributed by atoms with van der Waals surface area (Å²) in [5, 5.41) is 19.7. The Kier molecular flexibility index (Phi) is 6.03. The minimum Gasteiger partial charge on any atom is -0.508 e. The van der Waals surface area contributed by atoms with E-state index >= 15 is 0 Å². The number of aromatic hydroxyl groups is 1. The van der Waals surface area contributed by atoms with Gasteiger partial charge in [0.15, 0.2) is 5.75 Å². The first-order valence-corrected chi connectivity index (χ1v) is 10.2. The maximum Gasteiger partial charge on any atom is 0.349 e. The van der Waals surface area contributed by atoms with Crippen molar-refractivity contribution in [3.05, 3.63) is 101 Å². The van der Waals surface area contributed by atoms with Crippen LogP contribution in [-0.4, -0.2) is 30.1 Å². The first-order valence-electron chi connectivity index (χ1n) is 9.45. The molecule has 0 radical (unpaired) electrons. The molecule has 10 nitrogen and oxygen atoms in total. The highest BCUT2D eigenvalue weighted by Crippen LogP contribution is 2.37. The number of aryl methyl sites for hydroxylation is 1. The number of phenols is 1. The number of halogens is 2. The number of aromatic amines is 2. The van der Waals surface area contributed by atoms with Gasteiger partial charge in [-0.1, -0.05) is 35.3 Å². The molecule has 0 aliphatic rings. The third-order valence-corrected chi connectivity index (χ3v) is 5.18. The van der Waals surface area contributed by atoms with E-state index in [0.29, 0.717) is 5.56 Å². The standard InChI is InChI=1S/C21H15Cl2N5O5/c1-10-19(30)24-21(32)28(27-10)13-8-15(22)18(16(23)9-13)33-17-7-12(20(31)26-25-17)6-11-2-4-14(29)5-3-11/h2-5,7-9,29H,6H2,1H3,(H,26,31)(H,24,30,32). The second-order valence-electron chi connectivity index (χ2n) is 7.00. The van der Waals surface area contributed by atoms with Gasteiger partial charge in [-0.15, -0.1) is 5.10 Å². The van der Waals surface area contributed by atoms with Crippen LogP contribution in [0.4, 0.5) is 0 Å². The summed E-state index contributed by atoms with van der Waals surface area (Å²) < 4.78 is 6.66. The smallest absolute Gasteiger partial charge is 0.349 e. The summed E-state index contributed by atoms with van der Waals surface area (Å²) in [6, 6.07) is 10.6. The lowest BCUT2D eigenvalue weighted by atomic mass is 10.1. The number of ether oxygens (including phenoxy) is 1. The van der Waals surface area contributed by atoms with Crippen molar-refractivity contribution in [2.24, 2.45) is 0 Å². The molecule has 2 aromatic heterocycles. The highest BCUT2D eigenvalue weighted by molar-refractivity contribution is 6.37. The molecule has 0 amide bonds. The van der Waals surface area contributed by atoms with Gasteiger partial charge >= 0.3 is 5.69 Å². The topological polar surface area (TPSA) is 143 Å². The van der Waals surface area contributed by atoms with Gasteiger partial charge in [-0.3, -0.25) is 14.6 Å². The molecule has 0 spiro atoms. The zero-order valence-corrected chi connectivity index (χ0v) is 18.4. The Labute approximate surface area is 195 Å². The van der Waals surface area contributed by atoms with E-state index in [1.54, 1.807) is 12.1 Å². The van der Waals surface area contributed by atoms with Crippen LogP contribution >= 0.6 is 23.2 Å². The van der Waals surface area contributed by atoms with Crippen LogP contribution in [0.25, 0.3) is 5.69 Å². The third-order valence-electron chi connectivity index (χ3n) is 4.61. The minimum atomic E-state index is -0.757. The minimum absolute atomic E-state index is 0.0371. The van der Waals surface area contributed by atoms with Crippen molar-refractivity contribution in [2.75, 3.05) is 0 Å². The van der Waals surface area contributed by atoms with Gasteiger partial charge in [0.25, 0.3) is 11.1 Å². The first-order chi connectivity index (χ1) is 15.7. The van der Waals surface area contributed by atoms with Gasteiger partial charge in [0.05, 0.1) is 15.7 Å². The van der Waals surface area contributed by atoms with E-state index in [4.69, 9.17) is 27.9 Å². The van der Waals surface area contributed by atoms with Crippen LogP contribution < -0.4 is 21.5 Å². The molecule has 0 aliphatic carbocycles. The Morgan fingerprint density at radius 3 is 2.36 bits per heavy atom. The van der Waals surface area contributed by atoms with E-state index in [1.165, 1.54) is 37.3 Å². The quantitative estimate of drug-likeness (QED) is 0.392. The predicted molar refractivity (Wildman–Crippen MR) is 121 cm³/mol. The van der Waals surface area contributed by atoms with Crippen LogP contribution in [0.5, 0.6) is 17.4 Å². The SMILES string of the molecule is Cc1nn(-c2cc(Cl)c(Oc3cc(Cc4ccc(O)cc4)c(=O)[nH]n3)c(Cl)c2)c(=O)[nH]c1=O. The molecule has 33 heavy (non-hydrogen) atoms. The molecule has 0 saturated heterocycles. The molecule has 0 saturated carbocycles. The Bertz CT molecular complexity index is 1500. The Hall–Kier alpha value is -3.89.